The highest BCUT2D eigenvalue weighted by molar-refractivity contribution is 7.90. The topological polar surface area (TPSA) is 57.9 Å². The summed E-state index contributed by atoms with van der Waals surface area (Å²) in [5, 5.41) is 8.43. The Morgan fingerprint density at radius 2 is 2.14 bits per heavy atom. The molecular formula is C9H8FNO2S. The Labute approximate surface area is 81.7 Å². The Hall–Kier alpha value is -1.41. The van der Waals surface area contributed by atoms with Crippen LogP contribution in [-0.2, 0) is 16.3 Å². The fourth-order valence-electron chi connectivity index (χ4n) is 1.19. The molecule has 0 saturated heterocycles. The zero-order valence-corrected chi connectivity index (χ0v) is 8.31. The molecule has 0 unspecified atom stereocenters. The number of halogens is 1. The molecule has 0 aliphatic carbocycles. The predicted octanol–water partition coefficient (Wildman–Crippen LogP) is 1.30. The fraction of sp³-hybridized carbons (Fsp3) is 0.222. The van der Waals surface area contributed by atoms with Crippen LogP contribution < -0.4 is 0 Å². The van der Waals surface area contributed by atoms with E-state index in [9.17, 15) is 12.8 Å². The molecule has 14 heavy (non-hydrogen) atoms. The first-order chi connectivity index (χ1) is 6.46. The van der Waals surface area contributed by atoms with E-state index >= 15 is 0 Å². The number of nitriles is 1. The summed E-state index contributed by atoms with van der Waals surface area (Å²) >= 11 is 0. The maximum absolute atomic E-state index is 13.2. The van der Waals surface area contributed by atoms with Gasteiger partial charge in [-0.15, -0.1) is 0 Å². The lowest BCUT2D eigenvalue weighted by Crippen LogP contribution is -2.05. The van der Waals surface area contributed by atoms with Crippen molar-refractivity contribution in [3.63, 3.8) is 0 Å². The van der Waals surface area contributed by atoms with Crippen molar-refractivity contribution in [3.05, 3.63) is 29.6 Å². The van der Waals surface area contributed by atoms with Crippen molar-refractivity contribution >= 4 is 9.84 Å². The SMILES string of the molecule is CS(=O)(=O)c1c(F)cccc1CC#N. The molecule has 0 aliphatic heterocycles. The van der Waals surface area contributed by atoms with Crippen molar-refractivity contribution in [3.8, 4) is 6.07 Å². The molecular weight excluding hydrogens is 205 g/mol. The number of hydrogen-bond acceptors (Lipinski definition) is 3. The molecule has 0 aromatic heterocycles. The Kier molecular flexibility index (Phi) is 2.87. The van der Waals surface area contributed by atoms with E-state index < -0.39 is 15.7 Å². The summed E-state index contributed by atoms with van der Waals surface area (Å²) < 4.78 is 35.6. The minimum absolute atomic E-state index is 0.111. The number of hydrogen-bond donors (Lipinski definition) is 0. The standard InChI is InChI=1S/C9H8FNO2S/c1-14(12,13)9-7(5-6-11)3-2-4-8(9)10/h2-4H,5H2,1H3. The van der Waals surface area contributed by atoms with Gasteiger partial charge in [-0.1, -0.05) is 12.1 Å². The summed E-state index contributed by atoms with van der Waals surface area (Å²) in [6.45, 7) is 0. The third-order valence-electron chi connectivity index (χ3n) is 1.69. The number of sulfone groups is 1. The van der Waals surface area contributed by atoms with Crippen molar-refractivity contribution in [1.29, 1.82) is 5.26 Å². The monoisotopic (exact) mass is 213 g/mol. The number of nitrogens with zero attached hydrogens (tertiary/aromatic N) is 1. The van der Waals surface area contributed by atoms with E-state index in [0.717, 1.165) is 12.3 Å². The van der Waals surface area contributed by atoms with Crippen LogP contribution in [0, 0.1) is 17.1 Å². The molecule has 0 atom stereocenters. The van der Waals surface area contributed by atoms with E-state index in [1.165, 1.54) is 12.1 Å². The van der Waals surface area contributed by atoms with Gasteiger partial charge >= 0.3 is 0 Å². The molecule has 74 valence electrons. The zero-order chi connectivity index (χ0) is 10.8. The highest BCUT2D eigenvalue weighted by Crippen LogP contribution is 2.19. The van der Waals surface area contributed by atoms with Crippen molar-refractivity contribution in [2.75, 3.05) is 6.26 Å². The van der Waals surface area contributed by atoms with Gasteiger partial charge in [0.05, 0.1) is 12.5 Å². The van der Waals surface area contributed by atoms with Crippen LogP contribution in [0.3, 0.4) is 0 Å². The second-order valence-electron chi connectivity index (χ2n) is 2.84. The second kappa shape index (κ2) is 3.76. The Morgan fingerprint density at radius 3 is 2.64 bits per heavy atom. The number of benzene rings is 1. The van der Waals surface area contributed by atoms with E-state index in [-0.39, 0.29) is 16.9 Å². The summed E-state index contributed by atoms with van der Waals surface area (Å²) in [4.78, 5) is -0.374. The van der Waals surface area contributed by atoms with Gasteiger partial charge in [-0.05, 0) is 11.6 Å². The molecule has 1 aromatic carbocycles. The first-order valence-electron chi connectivity index (χ1n) is 3.81. The van der Waals surface area contributed by atoms with E-state index in [1.807, 2.05) is 0 Å². The second-order valence-corrected chi connectivity index (χ2v) is 4.79. The summed E-state index contributed by atoms with van der Waals surface area (Å²) in [7, 11) is -3.61. The third kappa shape index (κ3) is 2.09. The normalized spacial score (nSPS) is 10.9. The fourth-order valence-corrected chi connectivity index (χ4v) is 2.23. The van der Waals surface area contributed by atoms with Gasteiger partial charge in [0, 0.05) is 6.26 Å². The molecule has 5 heteroatoms. The van der Waals surface area contributed by atoms with Gasteiger partial charge in [0.15, 0.2) is 9.84 Å². The van der Waals surface area contributed by atoms with Crippen LogP contribution in [0.25, 0.3) is 0 Å². The van der Waals surface area contributed by atoms with Gasteiger partial charge in [-0.25, -0.2) is 12.8 Å². The average molecular weight is 213 g/mol. The van der Waals surface area contributed by atoms with Gasteiger partial charge in [-0.2, -0.15) is 5.26 Å². The lowest BCUT2D eigenvalue weighted by atomic mass is 10.2. The van der Waals surface area contributed by atoms with E-state index in [0.29, 0.717) is 0 Å². The van der Waals surface area contributed by atoms with Crippen LogP contribution in [0.1, 0.15) is 5.56 Å². The zero-order valence-electron chi connectivity index (χ0n) is 7.49. The van der Waals surface area contributed by atoms with Crippen molar-refractivity contribution < 1.29 is 12.8 Å². The van der Waals surface area contributed by atoms with Crippen LogP contribution in [-0.4, -0.2) is 14.7 Å². The molecule has 0 bridgehead atoms. The van der Waals surface area contributed by atoms with Gasteiger partial charge in [0.25, 0.3) is 0 Å². The van der Waals surface area contributed by atoms with Gasteiger partial charge in [0.2, 0.25) is 0 Å². The molecule has 0 spiro atoms. The lowest BCUT2D eigenvalue weighted by Gasteiger charge is -2.04. The molecule has 0 heterocycles. The molecule has 0 saturated carbocycles. The third-order valence-corrected chi connectivity index (χ3v) is 2.89. The van der Waals surface area contributed by atoms with Crippen LogP contribution in [0.4, 0.5) is 4.39 Å². The molecule has 0 aliphatic rings. The molecule has 1 rings (SSSR count). The largest absolute Gasteiger partial charge is 0.224 e. The van der Waals surface area contributed by atoms with Crippen molar-refractivity contribution in [2.45, 2.75) is 11.3 Å². The van der Waals surface area contributed by atoms with Crippen molar-refractivity contribution in [2.24, 2.45) is 0 Å². The highest BCUT2D eigenvalue weighted by atomic mass is 32.2. The lowest BCUT2D eigenvalue weighted by molar-refractivity contribution is 0.567. The maximum atomic E-state index is 13.2. The maximum Gasteiger partial charge on any atom is 0.178 e. The predicted molar refractivity (Wildman–Crippen MR) is 48.8 cm³/mol. The Bertz CT molecular complexity index is 488. The van der Waals surface area contributed by atoms with Crippen LogP contribution in [0.5, 0.6) is 0 Å². The van der Waals surface area contributed by atoms with Gasteiger partial charge in [-0.3, -0.25) is 0 Å². The summed E-state index contributed by atoms with van der Waals surface area (Å²) in [5.41, 5.74) is 0.204. The summed E-state index contributed by atoms with van der Waals surface area (Å²) in [5.74, 6) is -0.805. The molecule has 0 radical (unpaired) electrons. The average Bonchev–Trinajstić information content (AvgIpc) is 2.02. The molecule has 3 nitrogen and oxygen atoms in total. The molecule has 1 aromatic rings. The quantitative estimate of drug-likeness (QED) is 0.743. The summed E-state index contributed by atoms with van der Waals surface area (Å²) in [6, 6.07) is 5.68. The molecule has 0 amide bonds. The molecule has 0 N–H and O–H groups in total. The number of rotatable bonds is 2. The molecule has 0 fully saturated rings. The minimum Gasteiger partial charge on any atom is -0.224 e. The smallest absolute Gasteiger partial charge is 0.178 e. The first-order valence-corrected chi connectivity index (χ1v) is 5.70. The van der Waals surface area contributed by atoms with Crippen LogP contribution in [0.15, 0.2) is 23.1 Å². The van der Waals surface area contributed by atoms with Crippen LogP contribution in [0.2, 0.25) is 0 Å². The first kappa shape index (κ1) is 10.7. The summed E-state index contributed by atoms with van der Waals surface area (Å²) in [6.07, 6.45) is 0.812. The van der Waals surface area contributed by atoms with Gasteiger partial charge < -0.3 is 0 Å². The van der Waals surface area contributed by atoms with E-state index in [1.54, 1.807) is 6.07 Å². The minimum atomic E-state index is -3.61. The van der Waals surface area contributed by atoms with Crippen LogP contribution >= 0.6 is 0 Å². The Balaban J connectivity index is 3.47. The van der Waals surface area contributed by atoms with E-state index in [4.69, 9.17) is 5.26 Å². The van der Waals surface area contributed by atoms with Gasteiger partial charge in [0.1, 0.15) is 10.7 Å². The van der Waals surface area contributed by atoms with Crippen molar-refractivity contribution in [1.82, 2.24) is 0 Å². The Morgan fingerprint density at radius 1 is 1.50 bits per heavy atom. The van der Waals surface area contributed by atoms with E-state index in [2.05, 4.69) is 0 Å². The highest BCUT2D eigenvalue weighted by Gasteiger charge is 2.17.